The van der Waals surface area contributed by atoms with Crippen LogP contribution in [0.4, 0.5) is 0 Å². The van der Waals surface area contributed by atoms with Crippen LogP contribution in [0.3, 0.4) is 0 Å². The summed E-state index contributed by atoms with van der Waals surface area (Å²) in [5.74, 6) is 5.15. The zero-order chi connectivity index (χ0) is 11.8. The Morgan fingerprint density at radius 1 is 1.44 bits per heavy atom. The zero-order valence-electron chi connectivity index (χ0n) is 8.84. The van der Waals surface area contributed by atoms with E-state index in [0.29, 0.717) is 0 Å². The van der Waals surface area contributed by atoms with E-state index in [1.165, 1.54) is 6.92 Å². The molecule has 0 saturated carbocycles. The molecule has 0 aliphatic heterocycles. The van der Waals surface area contributed by atoms with Crippen LogP contribution >= 0.6 is 0 Å². The van der Waals surface area contributed by atoms with Gasteiger partial charge in [-0.25, -0.2) is 0 Å². The normalized spacial score (nSPS) is 10.5. The van der Waals surface area contributed by atoms with E-state index in [0.717, 1.165) is 5.56 Å². The molecule has 4 nitrogen and oxygen atoms in total. The molecule has 1 N–H and O–H groups in total. The van der Waals surface area contributed by atoms with E-state index < -0.39 is 5.95 Å². The van der Waals surface area contributed by atoms with Crippen molar-refractivity contribution in [1.29, 1.82) is 5.39 Å². The van der Waals surface area contributed by atoms with Crippen LogP contribution in [0.5, 0.6) is 0 Å². The summed E-state index contributed by atoms with van der Waals surface area (Å²) in [6, 6.07) is 9.42. The Kier molecular flexibility index (Phi) is 4.43. The lowest BCUT2D eigenvalue weighted by molar-refractivity contribution is 0.112. The van der Waals surface area contributed by atoms with Crippen LogP contribution < -0.4 is 0 Å². The monoisotopic (exact) mass is 215 g/mol. The molecule has 80 valence electrons. The van der Waals surface area contributed by atoms with Crippen molar-refractivity contribution in [2.45, 2.75) is 6.92 Å². The van der Waals surface area contributed by atoms with Gasteiger partial charge in [0, 0.05) is 5.56 Å². The third-order valence-electron chi connectivity index (χ3n) is 1.75. The molecule has 0 heterocycles. The molecule has 0 aromatic heterocycles. The van der Waals surface area contributed by atoms with Crippen molar-refractivity contribution in [2.75, 3.05) is 6.61 Å². The predicted octanol–water partition coefficient (Wildman–Crippen LogP) is 2.65. The van der Waals surface area contributed by atoms with Crippen molar-refractivity contribution in [3.8, 4) is 11.8 Å². The second-order valence-electron chi connectivity index (χ2n) is 2.95. The third-order valence-corrected chi connectivity index (χ3v) is 1.75. The minimum absolute atomic E-state index is 0.0153. The second kappa shape index (κ2) is 6.10. The Labute approximate surface area is 93.8 Å². The smallest absolute Gasteiger partial charge is 0.437 e. The van der Waals surface area contributed by atoms with Gasteiger partial charge in [0.05, 0.1) is 6.92 Å². The molecular weight excluding hydrogens is 204 g/mol. The molecule has 1 aromatic rings. The summed E-state index contributed by atoms with van der Waals surface area (Å²) in [5.41, 5.74) is 0.889. The molecule has 0 radical (unpaired) electrons. The average Bonchev–Trinajstić information content (AvgIpc) is 2.34. The first-order chi connectivity index (χ1) is 7.74. The van der Waals surface area contributed by atoms with Crippen molar-refractivity contribution in [1.82, 2.24) is 0 Å². The van der Waals surface area contributed by atoms with E-state index in [4.69, 9.17) is 15.2 Å². The van der Waals surface area contributed by atoms with Crippen LogP contribution in [0.25, 0.3) is 4.98 Å². The molecule has 0 bridgehead atoms. The summed E-state index contributed by atoms with van der Waals surface area (Å²) in [4.78, 5) is 2.78. The molecule has 4 heteroatoms. The van der Waals surface area contributed by atoms with Gasteiger partial charge in [-0.1, -0.05) is 30.0 Å². The second-order valence-corrected chi connectivity index (χ2v) is 2.95. The lowest BCUT2D eigenvalue weighted by Crippen LogP contribution is -1.93. The number of rotatable bonds is 2. The first-order valence-corrected chi connectivity index (χ1v) is 4.65. The summed E-state index contributed by atoms with van der Waals surface area (Å²) < 4.78 is 4.82. The van der Waals surface area contributed by atoms with Crippen LogP contribution in [0, 0.1) is 17.2 Å². The van der Waals surface area contributed by atoms with Crippen molar-refractivity contribution in [2.24, 2.45) is 0 Å². The minimum Gasteiger partial charge on any atom is -0.475 e. The fourth-order valence-corrected chi connectivity index (χ4v) is 0.911. The number of benzene rings is 1. The Morgan fingerprint density at radius 2 is 2.12 bits per heavy atom. The summed E-state index contributed by atoms with van der Waals surface area (Å²) in [7, 11) is 0. The SMILES string of the molecule is CC([N+]#N)=C(O)OCC#Cc1ccccc1. The van der Waals surface area contributed by atoms with Crippen LogP contribution in [0.15, 0.2) is 42.0 Å². The van der Waals surface area contributed by atoms with Crippen molar-refractivity contribution < 1.29 is 9.84 Å². The Bertz CT molecular complexity index is 475. The number of hydrogen-bond donors (Lipinski definition) is 1. The molecule has 0 amide bonds. The molecule has 0 aliphatic carbocycles. The predicted molar refractivity (Wildman–Crippen MR) is 59.7 cm³/mol. The van der Waals surface area contributed by atoms with Gasteiger partial charge in [-0.2, -0.15) is 0 Å². The van der Waals surface area contributed by atoms with Gasteiger partial charge in [0.2, 0.25) is 5.39 Å². The van der Waals surface area contributed by atoms with E-state index in [1.807, 2.05) is 30.3 Å². The molecule has 0 saturated heterocycles. The number of hydrogen-bond acceptors (Lipinski definition) is 3. The highest BCUT2D eigenvalue weighted by Gasteiger charge is 2.11. The Morgan fingerprint density at radius 3 is 2.75 bits per heavy atom. The fourth-order valence-electron chi connectivity index (χ4n) is 0.911. The van der Waals surface area contributed by atoms with Crippen molar-refractivity contribution in [3.63, 3.8) is 0 Å². The van der Waals surface area contributed by atoms with Gasteiger partial charge in [0.15, 0.2) is 11.6 Å². The molecule has 0 atom stereocenters. The van der Waals surface area contributed by atoms with Crippen molar-refractivity contribution in [3.05, 3.63) is 52.5 Å². The molecule has 0 unspecified atom stereocenters. The maximum atomic E-state index is 9.15. The Hall–Kier alpha value is -2.46. The highest BCUT2D eigenvalue weighted by atomic mass is 16.6. The first kappa shape index (κ1) is 11.6. The van der Waals surface area contributed by atoms with Crippen LogP contribution in [-0.4, -0.2) is 11.7 Å². The van der Waals surface area contributed by atoms with Gasteiger partial charge in [0.1, 0.15) is 0 Å². The lowest BCUT2D eigenvalue weighted by Gasteiger charge is -1.94. The summed E-state index contributed by atoms with van der Waals surface area (Å²) in [5, 5.41) is 17.5. The highest BCUT2D eigenvalue weighted by molar-refractivity contribution is 5.33. The molecule has 0 fully saturated rings. The maximum Gasteiger partial charge on any atom is 0.437 e. The van der Waals surface area contributed by atoms with E-state index in [9.17, 15) is 0 Å². The molecule has 1 aromatic carbocycles. The van der Waals surface area contributed by atoms with E-state index in [-0.39, 0.29) is 12.3 Å². The summed E-state index contributed by atoms with van der Waals surface area (Å²) in [6.45, 7) is 1.45. The lowest BCUT2D eigenvalue weighted by atomic mass is 10.2. The van der Waals surface area contributed by atoms with E-state index in [1.54, 1.807) is 0 Å². The number of allylic oxidation sites excluding steroid dienone is 1. The van der Waals surface area contributed by atoms with Crippen molar-refractivity contribution >= 4 is 0 Å². The third kappa shape index (κ3) is 3.73. The van der Waals surface area contributed by atoms with Gasteiger partial charge in [-0.15, -0.1) is 0 Å². The number of nitrogens with zero attached hydrogens (tertiary/aromatic N) is 2. The number of ether oxygens (including phenoxy) is 1. The largest absolute Gasteiger partial charge is 0.475 e. The van der Waals surface area contributed by atoms with Crippen LogP contribution in [0.2, 0.25) is 0 Å². The number of aliphatic hydroxyl groups excluding tert-OH is 1. The Balaban J connectivity index is 2.49. The maximum absolute atomic E-state index is 9.15. The topological polar surface area (TPSA) is 57.6 Å². The minimum atomic E-state index is -0.426. The fraction of sp³-hybridized carbons (Fsp3) is 0.167. The van der Waals surface area contributed by atoms with Gasteiger partial charge < -0.3 is 9.84 Å². The molecular formula is C12H11N2O2+. The van der Waals surface area contributed by atoms with E-state index in [2.05, 4.69) is 16.8 Å². The standard InChI is InChI=1S/C12H10N2O2/c1-10(14-13)12(15)16-9-5-8-11-6-3-2-4-7-11/h2-4,6-7H,9H2,1H3/p+1. The quantitative estimate of drug-likeness (QED) is 0.468. The van der Waals surface area contributed by atoms with Crippen LogP contribution in [0.1, 0.15) is 12.5 Å². The van der Waals surface area contributed by atoms with Gasteiger partial charge in [-0.3, -0.25) is 0 Å². The highest BCUT2D eigenvalue weighted by Crippen LogP contribution is 2.02. The van der Waals surface area contributed by atoms with Gasteiger partial charge in [0.25, 0.3) is 0 Å². The van der Waals surface area contributed by atoms with Gasteiger partial charge in [-0.05, 0) is 12.1 Å². The molecule has 16 heavy (non-hydrogen) atoms. The van der Waals surface area contributed by atoms with Crippen LogP contribution in [-0.2, 0) is 4.74 Å². The number of aliphatic hydroxyl groups is 1. The molecule has 1 rings (SSSR count). The molecule has 0 spiro atoms. The van der Waals surface area contributed by atoms with Gasteiger partial charge >= 0.3 is 11.6 Å². The average molecular weight is 215 g/mol. The van der Waals surface area contributed by atoms with E-state index >= 15 is 0 Å². The summed E-state index contributed by atoms with van der Waals surface area (Å²) >= 11 is 0. The summed E-state index contributed by atoms with van der Waals surface area (Å²) in [6.07, 6.45) is 0. The zero-order valence-corrected chi connectivity index (χ0v) is 8.84. The molecule has 0 aliphatic rings. The number of diazo groups is 1. The first-order valence-electron chi connectivity index (χ1n) is 4.65.